The normalized spacial score (nSPS) is 12.4. The lowest BCUT2D eigenvalue weighted by atomic mass is 10.1. The quantitative estimate of drug-likeness (QED) is 0.211. The molecule has 0 aliphatic heterocycles. The largest absolute Gasteiger partial charge is 0.307 e. The van der Waals surface area contributed by atoms with Crippen molar-refractivity contribution in [3.8, 4) is 0 Å². The SMILES string of the molecule is CCCCCCCCCCCCC/[N+](C)=C(/SC)N(C)C. The van der Waals surface area contributed by atoms with Crippen molar-refractivity contribution in [2.24, 2.45) is 0 Å². The van der Waals surface area contributed by atoms with E-state index in [4.69, 9.17) is 0 Å². The van der Waals surface area contributed by atoms with Gasteiger partial charge in [0.1, 0.15) is 0 Å². The van der Waals surface area contributed by atoms with Crippen LogP contribution in [0, 0.1) is 0 Å². The third-order valence-corrected chi connectivity index (χ3v) is 5.03. The van der Waals surface area contributed by atoms with E-state index in [1.54, 1.807) is 0 Å². The topological polar surface area (TPSA) is 6.25 Å². The monoisotopic (exact) mass is 315 g/mol. The summed E-state index contributed by atoms with van der Waals surface area (Å²) in [6.45, 7) is 3.47. The minimum atomic E-state index is 1.19. The summed E-state index contributed by atoms with van der Waals surface area (Å²) < 4.78 is 2.39. The maximum absolute atomic E-state index is 2.39. The van der Waals surface area contributed by atoms with E-state index in [-0.39, 0.29) is 0 Å². The summed E-state index contributed by atoms with van der Waals surface area (Å²) in [5.74, 6) is 0. The molecule has 0 saturated heterocycles. The maximum Gasteiger partial charge on any atom is 0.307 e. The van der Waals surface area contributed by atoms with Crippen molar-refractivity contribution in [3.63, 3.8) is 0 Å². The molecular formula is C18H39N2S+. The van der Waals surface area contributed by atoms with Crippen LogP contribution in [0.3, 0.4) is 0 Å². The molecule has 0 atom stereocenters. The minimum absolute atomic E-state index is 1.19. The predicted molar refractivity (Wildman–Crippen MR) is 99.7 cm³/mol. The van der Waals surface area contributed by atoms with Crippen LogP contribution in [0.5, 0.6) is 0 Å². The van der Waals surface area contributed by atoms with Crippen molar-refractivity contribution in [3.05, 3.63) is 0 Å². The Hall–Kier alpha value is -0.180. The molecule has 0 unspecified atom stereocenters. The van der Waals surface area contributed by atoms with Crippen molar-refractivity contribution in [1.29, 1.82) is 0 Å². The summed E-state index contributed by atoms with van der Waals surface area (Å²) in [6.07, 6.45) is 17.8. The zero-order valence-electron chi connectivity index (χ0n) is 15.3. The first-order valence-electron chi connectivity index (χ1n) is 8.92. The fourth-order valence-corrected chi connectivity index (χ4v) is 3.56. The molecule has 21 heavy (non-hydrogen) atoms. The van der Waals surface area contributed by atoms with Crippen molar-refractivity contribution >= 4 is 16.9 Å². The van der Waals surface area contributed by atoms with Gasteiger partial charge in [0.15, 0.2) is 0 Å². The van der Waals surface area contributed by atoms with E-state index < -0.39 is 0 Å². The molecular weight excluding hydrogens is 276 g/mol. The van der Waals surface area contributed by atoms with E-state index in [1.807, 2.05) is 11.8 Å². The minimum Gasteiger partial charge on any atom is -0.262 e. The van der Waals surface area contributed by atoms with Crippen LogP contribution in [-0.2, 0) is 0 Å². The highest BCUT2D eigenvalue weighted by Crippen LogP contribution is 2.11. The van der Waals surface area contributed by atoms with Crippen LogP contribution in [0.4, 0.5) is 0 Å². The molecule has 0 rings (SSSR count). The molecule has 0 heterocycles. The van der Waals surface area contributed by atoms with Crippen LogP contribution in [0.15, 0.2) is 0 Å². The molecule has 0 bridgehead atoms. The van der Waals surface area contributed by atoms with E-state index in [2.05, 4.69) is 43.8 Å². The van der Waals surface area contributed by atoms with E-state index in [0.717, 1.165) is 0 Å². The van der Waals surface area contributed by atoms with Gasteiger partial charge in [-0.3, -0.25) is 9.48 Å². The summed E-state index contributed by atoms with van der Waals surface area (Å²) in [5, 5.41) is 1.36. The molecule has 0 aromatic rings. The number of amidine groups is 1. The summed E-state index contributed by atoms with van der Waals surface area (Å²) in [7, 11) is 6.47. The first-order valence-corrected chi connectivity index (χ1v) is 10.1. The summed E-state index contributed by atoms with van der Waals surface area (Å²) >= 11 is 1.84. The van der Waals surface area contributed by atoms with Crippen molar-refractivity contribution in [2.75, 3.05) is 33.9 Å². The first-order chi connectivity index (χ1) is 10.1. The van der Waals surface area contributed by atoms with Crippen LogP contribution in [0.25, 0.3) is 0 Å². The van der Waals surface area contributed by atoms with Gasteiger partial charge in [-0.1, -0.05) is 64.7 Å². The average Bonchev–Trinajstić information content (AvgIpc) is 2.45. The summed E-state index contributed by atoms with van der Waals surface area (Å²) in [5.41, 5.74) is 0. The Labute approximate surface area is 138 Å². The van der Waals surface area contributed by atoms with Crippen LogP contribution >= 0.6 is 11.8 Å². The van der Waals surface area contributed by atoms with E-state index >= 15 is 0 Å². The number of hydrogen-bond donors (Lipinski definition) is 0. The second kappa shape index (κ2) is 14.7. The van der Waals surface area contributed by atoms with Crippen LogP contribution in [0.2, 0.25) is 0 Å². The van der Waals surface area contributed by atoms with Gasteiger partial charge in [0.2, 0.25) is 0 Å². The van der Waals surface area contributed by atoms with Crippen molar-refractivity contribution < 1.29 is 4.58 Å². The Morgan fingerprint density at radius 1 is 0.810 bits per heavy atom. The van der Waals surface area contributed by atoms with Gasteiger partial charge in [0.05, 0.1) is 27.7 Å². The standard InChI is InChI=1S/C18H39N2S/c1-6-7-8-9-10-11-12-13-14-15-16-17-20(4)18(21-5)19(2)3/h6-17H2,1-5H3/q+1. The molecule has 0 fully saturated rings. The van der Waals surface area contributed by atoms with Gasteiger partial charge in [-0.05, 0) is 30.9 Å². The van der Waals surface area contributed by atoms with Gasteiger partial charge in [0.25, 0.3) is 0 Å². The van der Waals surface area contributed by atoms with E-state index in [0.29, 0.717) is 0 Å². The van der Waals surface area contributed by atoms with Crippen LogP contribution in [0.1, 0.15) is 77.6 Å². The molecule has 0 amide bonds. The molecule has 0 saturated carbocycles. The molecule has 2 nitrogen and oxygen atoms in total. The number of unbranched alkanes of at least 4 members (excludes halogenated alkanes) is 10. The lowest BCUT2D eigenvalue weighted by molar-refractivity contribution is -0.499. The highest BCUT2D eigenvalue weighted by Gasteiger charge is 2.10. The zero-order chi connectivity index (χ0) is 15.9. The average molecular weight is 316 g/mol. The Kier molecular flexibility index (Phi) is 14.6. The van der Waals surface area contributed by atoms with Gasteiger partial charge >= 0.3 is 5.17 Å². The van der Waals surface area contributed by atoms with Crippen molar-refractivity contribution in [1.82, 2.24) is 4.90 Å². The number of thioether (sulfide) groups is 1. The smallest absolute Gasteiger partial charge is 0.262 e. The molecule has 0 aromatic heterocycles. The van der Waals surface area contributed by atoms with Gasteiger partial charge in [0, 0.05) is 0 Å². The summed E-state index contributed by atoms with van der Waals surface area (Å²) in [6, 6.07) is 0. The number of hydrogen-bond acceptors (Lipinski definition) is 1. The second-order valence-electron chi connectivity index (χ2n) is 6.34. The fourth-order valence-electron chi connectivity index (χ4n) is 2.79. The Morgan fingerprint density at radius 2 is 1.24 bits per heavy atom. The molecule has 126 valence electrons. The predicted octanol–water partition coefficient (Wildman–Crippen LogP) is 5.22. The van der Waals surface area contributed by atoms with Crippen LogP contribution < -0.4 is 0 Å². The summed E-state index contributed by atoms with van der Waals surface area (Å²) in [4.78, 5) is 2.21. The van der Waals surface area contributed by atoms with Gasteiger partial charge in [-0.25, -0.2) is 0 Å². The Bertz CT molecular complexity index is 262. The third kappa shape index (κ3) is 12.1. The van der Waals surface area contributed by atoms with Gasteiger partial charge in [-0.15, -0.1) is 0 Å². The maximum atomic E-state index is 2.39. The second-order valence-corrected chi connectivity index (χ2v) is 7.11. The van der Waals surface area contributed by atoms with E-state index in [9.17, 15) is 0 Å². The highest BCUT2D eigenvalue weighted by atomic mass is 32.2. The van der Waals surface area contributed by atoms with Crippen molar-refractivity contribution in [2.45, 2.75) is 77.6 Å². The molecule has 0 radical (unpaired) electrons. The van der Waals surface area contributed by atoms with Crippen LogP contribution in [-0.4, -0.2) is 48.6 Å². The highest BCUT2D eigenvalue weighted by molar-refractivity contribution is 8.12. The molecule has 0 aliphatic rings. The van der Waals surface area contributed by atoms with E-state index in [1.165, 1.54) is 82.3 Å². The lowest BCUT2D eigenvalue weighted by Gasteiger charge is -2.11. The molecule has 0 spiro atoms. The molecule has 0 aliphatic carbocycles. The Balaban J connectivity index is 3.44. The lowest BCUT2D eigenvalue weighted by Crippen LogP contribution is -2.28. The third-order valence-electron chi connectivity index (χ3n) is 3.99. The fraction of sp³-hybridized carbons (Fsp3) is 0.944. The molecule has 0 N–H and O–H groups in total. The Morgan fingerprint density at radius 3 is 1.62 bits per heavy atom. The molecule has 3 heteroatoms. The number of rotatable bonds is 12. The first kappa shape index (κ1) is 20.8. The molecule has 0 aromatic carbocycles. The zero-order valence-corrected chi connectivity index (χ0v) is 16.1. The van der Waals surface area contributed by atoms with Gasteiger partial charge in [-0.2, -0.15) is 0 Å². The number of nitrogens with zero attached hydrogens (tertiary/aromatic N) is 2. The van der Waals surface area contributed by atoms with Gasteiger partial charge < -0.3 is 0 Å².